The lowest BCUT2D eigenvalue weighted by Crippen LogP contribution is -2.15. The molecule has 0 aromatic heterocycles. The van der Waals surface area contributed by atoms with Gasteiger partial charge in [0.25, 0.3) is 0 Å². The SMILES string of the molecule is CC(=CC(=O)O)CSCC(O)CO. The Morgan fingerprint density at radius 2 is 2.23 bits per heavy atom. The lowest BCUT2D eigenvalue weighted by atomic mass is 10.3. The second-order valence-electron chi connectivity index (χ2n) is 2.68. The van der Waals surface area contributed by atoms with E-state index in [2.05, 4.69) is 0 Å². The average molecular weight is 206 g/mol. The zero-order chi connectivity index (χ0) is 10.3. The van der Waals surface area contributed by atoms with Crippen molar-refractivity contribution in [3.8, 4) is 0 Å². The van der Waals surface area contributed by atoms with Crippen molar-refractivity contribution in [1.82, 2.24) is 0 Å². The number of aliphatic hydroxyl groups excluding tert-OH is 2. The highest BCUT2D eigenvalue weighted by atomic mass is 32.2. The molecule has 76 valence electrons. The van der Waals surface area contributed by atoms with E-state index in [1.165, 1.54) is 11.8 Å². The summed E-state index contributed by atoms with van der Waals surface area (Å²) in [6.07, 6.45) is 0.417. The molecule has 0 fully saturated rings. The van der Waals surface area contributed by atoms with Gasteiger partial charge in [0.2, 0.25) is 0 Å². The number of thioether (sulfide) groups is 1. The highest BCUT2D eigenvalue weighted by Gasteiger charge is 2.02. The number of hydrogen-bond acceptors (Lipinski definition) is 4. The van der Waals surface area contributed by atoms with Crippen LogP contribution in [0.1, 0.15) is 6.92 Å². The Labute approximate surface area is 81.3 Å². The highest BCUT2D eigenvalue weighted by Crippen LogP contribution is 2.08. The Hall–Kier alpha value is -0.520. The molecule has 1 atom stereocenters. The first-order chi connectivity index (χ1) is 6.06. The minimum Gasteiger partial charge on any atom is -0.478 e. The van der Waals surface area contributed by atoms with Gasteiger partial charge in [-0.1, -0.05) is 5.57 Å². The summed E-state index contributed by atoms with van der Waals surface area (Å²) in [5, 5.41) is 25.8. The summed E-state index contributed by atoms with van der Waals surface area (Å²) in [6.45, 7) is 1.46. The zero-order valence-electron chi connectivity index (χ0n) is 7.43. The summed E-state index contributed by atoms with van der Waals surface area (Å²) in [5.74, 6) is 0.0193. The molecule has 1 unspecified atom stereocenters. The summed E-state index contributed by atoms with van der Waals surface area (Å²) in [5.41, 5.74) is 0.739. The third kappa shape index (κ3) is 7.83. The molecular weight excluding hydrogens is 192 g/mol. The molecule has 0 rings (SSSR count). The van der Waals surface area contributed by atoms with Crippen molar-refractivity contribution < 1.29 is 20.1 Å². The van der Waals surface area contributed by atoms with Gasteiger partial charge in [-0.05, 0) is 6.92 Å². The lowest BCUT2D eigenvalue weighted by Gasteiger charge is -2.05. The van der Waals surface area contributed by atoms with Crippen molar-refractivity contribution in [3.05, 3.63) is 11.6 Å². The van der Waals surface area contributed by atoms with Gasteiger partial charge in [-0.2, -0.15) is 11.8 Å². The number of carboxylic acid groups (broad SMARTS) is 1. The lowest BCUT2D eigenvalue weighted by molar-refractivity contribution is -0.131. The van der Waals surface area contributed by atoms with Crippen LogP contribution < -0.4 is 0 Å². The van der Waals surface area contributed by atoms with Gasteiger partial charge in [-0.25, -0.2) is 4.79 Å². The largest absolute Gasteiger partial charge is 0.478 e. The average Bonchev–Trinajstić information content (AvgIpc) is 2.02. The second-order valence-corrected chi connectivity index (χ2v) is 3.71. The van der Waals surface area contributed by atoms with Gasteiger partial charge in [0.15, 0.2) is 0 Å². The van der Waals surface area contributed by atoms with Crippen molar-refractivity contribution in [1.29, 1.82) is 0 Å². The monoisotopic (exact) mass is 206 g/mol. The molecule has 0 bridgehead atoms. The third-order valence-corrected chi connectivity index (χ3v) is 2.50. The minimum atomic E-state index is -0.958. The van der Waals surface area contributed by atoms with Gasteiger partial charge in [-0.15, -0.1) is 0 Å². The van der Waals surface area contributed by atoms with Crippen molar-refractivity contribution in [2.24, 2.45) is 0 Å². The van der Waals surface area contributed by atoms with Crippen LogP contribution in [-0.4, -0.2) is 45.5 Å². The predicted molar refractivity (Wildman–Crippen MR) is 51.8 cm³/mol. The van der Waals surface area contributed by atoms with Crippen LogP contribution in [0.2, 0.25) is 0 Å². The number of carbonyl (C=O) groups is 1. The van der Waals surface area contributed by atoms with E-state index in [4.69, 9.17) is 15.3 Å². The van der Waals surface area contributed by atoms with Crippen molar-refractivity contribution >= 4 is 17.7 Å². The molecule has 5 heteroatoms. The fourth-order valence-electron chi connectivity index (χ4n) is 0.661. The van der Waals surface area contributed by atoms with Gasteiger partial charge in [-0.3, -0.25) is 0 Å². The minimum absolute atomic E-state index is 0.255. The highest BCUT2D eigenvalue weighted by molar-refractivity contribution is 7.99. The van der Waals surface area contributed by atoms with E-state index < -0.39 is 12.1 Å². The maximum atomic E-state index is 10.2. The molecule has 0 aliphatic carbocycles. The van der Waals surface area contributed by atoms with Gasteiger partial charge in [0.05, 0.1) is 12.7 Å². The molecular formula is C8H14O4S. The molecule has 4 nitrogen and oxygen atoms in total. The van der Waals surface area contributed by atoms with Crippen molar-refractivity contribution in [2.75, 3.05) is 18.1 Å². The van der Waals surface area contributed by atoms with Gasteiger partial charge < -0.3 is 15.3 Å². The van der Waals surface area contributed by atoms with E-state index in [0.717, 1.165) is 11.6 Å². The number of hydrogen-bond donors (Lipinski definition) is 3. The van der Waals surface area contributed by atoms with Crippen LogP contribution in [0.3, 0.4) is 0 Å². The van der Waals surface area contributed by atoms with Crippen molar-refractivity contribution in [3.63, 3.8) is 0 Å². The second kappa shape index (κ2) is 6.94. The quantitative estimate of drug-likeness (QED) is 0.537. The number of carboxylic acids is 1. The van der Waals surface area contributed by atoms with E-state index in [0.29, 0.717) is 11.5 Å². The van der Waals surface area contributed by atoms with Crippen LogP contribution in [0.25, 0.3) is 0 Å². The standard InChI is InChI=1S/C8H14O4S/c1-6(2-8(11)12)4-13-5-7(10)3-9/h2,7,9-10H,3-5H2,1H3,(H,11,12). The molecule has 0 heterocycles. The molecule has 0 spiro atoms. The smallest absolute Gasteiger partial charge is 0.328 e. The fraction of sp³-hybridized carbons (Fsp3) is 0.625. The van der Waals surface area contributed by atoms with Crippen LogP contribution >= 0.6 is 11.8 Å². The van der Waals surface area contributed by atoms with Crippen LogP contribution in [0.5, 0.6) is 0 Å². The summed E-state index contributed by atoms with van der Waals surface area (Å²) < 4.78 is 0. The molecule has 0 saturated heterocycles. The van der Waals surface area contributed by atoms with Gasteiger partial charge in [0, 0.05) is 17.6 Å². The summed E-state index contributed by atoms with van der Waals surface area (Å²) in [4.78, 5) is 10.2. The molecule has 0 aromatic carbocycles. The first kappa shape index (κ1) is 12.5. The Bertz CT molecular complexity index is 191. The molecule has 0 aliphatic rings. The molecule has 0 saturated carbocycles. The number of aliphatic hydroxyl groups is 2. The summed E-state index contributed by atoms with van der Waals surface area (Å²) in [6, 6.07) is 0. The summed E-state index contributed by atoms with van der Waals surface area (Å²) >= 11 is 1.39. The van der Waals surface area contributed by atoms with E-state index >= 15 is 0 Å². The Morgan fingerprint density at radius 3 is 2.69 bits per heavy atom. The number of rotatable bonds is 6. The van der Waals surface area contributed by atoms with Gasteiger partial charge >= 0.3 is 5.97 Å². The Kier molecular flexibility index (Phi) is 6.66. The molecule has 3 N–H and O–H groups in total. The maximum Gasteiger partial charge on any atom is 0.328 e. The fourth-order valence-corrected chi connectivity index (χ4v) is 1.56. The topological polar surface area (TPSA) is 77.8 Å². The van der Waals surface area contributed by atoms with Crippen LogP contribution in [0, 0.1) is 0 Å². The maximum absolute atomic E-state index is 10.2. The third-order valence-electron chi connectivity index (χ3n) is 1.22. The van der Waals surface area contributed by atoms with Crippen LogP contribution in [-0.2, 0) is 4.79 Å². The van der Waals surface area contributed by atoms with Crippen LogP contribution in [0.15, 0.2) is 11.6 Å². The Morgan fingerprint density at radius 1 is 1.62 bits per heavy atom. The number of aliphatic carboxylic acids is 1. The molecule has 0 aliphatic heterocycles. The first-order valence-electron chi connectivity index (χ1n) is 3.83. The van der Waals surface area contributed by atoms with Crippen molar-refractivity contribution in [2.45, 2.75) is 13.0 Å². The predicted octanol–water partition coefficient (Wildman–Crippen LogP) is 0.104. The molecule has 0 radical (unpaired) electrons. The van der Waals surface area contributed by atoms with E-state index in [1.54, 1.807) is 6.92 Å². The van der Waals surface area contributed by atoms with E-state index in [9.17, 15) is 4.79 Å². The molecule has 13 heavy (non-hydrogen) atoms. The van der Waals surface area contributed by atoms with Crippen LogP contribution in [0.4, 0.5) is 0 Å². The zero-order valence-corrected chi connectivity index (χ0v) is 8.25. The molecule has 0 amide bonds. The summed E-state index contributed by atoms with van der Waals surface area (Å²) in [7, 11) is 0. The van der Waals surface area contributed by atoms with E-state index in [1.807, 2.05) is 0 Å². The van der Waals surface area contributed by atoms with E-state index in [-0.39, 0.29) is 6.61 Å². The normalized spacial score (nSPS) is 14.2. The Balaban J connectivity index is 3.59. The first-order valence-corrected chi connectivity index (χ1v) is 4.98. The van der Waals surface area contributed by atoms with Gasteiger partial charge in [0.1, 0.15) is 0 Å². The molecule has 0 aromatic rings.